The normalized spacial score (nSPS) is 12.8. The maximum Gasteiger partial charge on any atom is 0.417 e. The number of amides is 2. The molecule has 204 valence electrons. The minimum atomic E-state index is -4.87. The second-order valence-corrected chi connectivity index (χ2v) is 11.2. The van der Waals surface area contributed by atoms with Crippen LogP contribution in [0.2, 0.25) is 5.02 Å². The van der Waals surface area contributed by atoms with E-state index in [0.717, 1.165) is 29.4 Å². The molecule has 2 aromatic carbocycles. The Balaban J connectivity index is 2.47. The van der Waals surface area contributed by atoms with Crippen LogP contribution in [0.3, 0.4) is 0 Å². The summed E-state index contributed by atoms with van der Waals surface area (Å²) in [6, 6.07) is 6.81. The number of anilines is 1. The van der Waals surface area contributed by atoms with Crippen molar-refractivity contribution in [2.75, 3.05) is 23.7 Å². The van der Waals surface area contributed by atoms with Crippen LogP contribution in [0.1, 0.15) is 31.9 Å². The van der Waals surface area contributed by atoms with Gasteiger partial charge in [0.2, 0.25) is 21.8 Å². The van der Waals surface area contributed by atoms with Crippen LogP contribution in [0.4, 0.5) is 23.2 Å². The molecule has 37 heavy (non-hydrogen) atoms. The van der Waals surface area contributed by atoms with E-state index in [1.165, 1.54) is 25.1 Å². The van der Waals surface area contributed by atoms with E-state index >= 15 is 0 Å². The average Bonchev–Trinajstić information content (AvgIpc) is 2.78. The van der Waals surface area contributed by atoms with E-state index < -0.39 is 62.7 Å². The van der Waals surface area contributed by atoms with Crippen LogP contribution in [0, 0.1) is 11.7 Å². The maximum atomic E-state index is 14.4. The van der Waals surface area contributed by atoms with Crippen LogP contribution in [0.25, 0.3) is 0 Å². The molecule has 2 amide bonds. The highest BCUT2D eigenvalue weighted by molar-refractivity contribution is 7.92. The zero-order valence-electron chi connectivity index (χ0n) is 20.6. The first-order chi connectivity index (χ1) is 17.0. The molecule has 0 saturated carbocycles. The minimum absolute atomic E-state index is 0.0658. The van der Waals surface area contributed by atoms with Gasteiger partial charge in [-0.15, -0.1) is 0 Å². The fraction of sp³-hybridized carbons (Fsp3) is 0.417. The van der Waals surface area contributed by atoms with E-state index in [2.05, 4.69) is 5.32 Å². The van der Waals surface area contributed by atoms with Gasteiger partial charge < -0.3 is 10.2 Å². The van der Waals surface area contributed by atoms with E-state index in [1.54, 1.807) is 0 Å². The van der Waals surface area contributed by atoms with Crippen LogP contribution in [0.15, 0.2) is 42.5 Å². The smallest absolute Gasteiger partial charge is 0.354 e. The zero-order chi connectivity index (χ0) is 28.1. The third-order valence-corrected chi connectivity index (χ3v) is 6.84. The fourth-order valence-corrected chi connectivity index (χ4v) is 4.41. The van der Waals surface area contributed by atoms with Crippen LogP contribution >= 0.6 is 11.6 Å². The summed E-state index contributed by atoms with van der Waals surface area (Å²) in [5, 5.41) is 2.02. The number of nitrogens with zero attached hydrogens (tertiary/aromatic N) is 2. The molecule has 0 saturated heterocycles. The zero-order valence-corrected chi connectivity index (χ0v) is 22.2. The lowest BCUT2D eigenvalue weighted by Crippen LogP contribution is -2.51. The first-order valence-electron chi connectivity index (χ1n) is 11.2. The number of sulfonamides is 1. The minimum Gasteiger partial charge on any atom is -0.354 e. The van der Waals surface area contributed by atoms with Gasteiger partial charge in [0.05, 0.1) is 22.5 Å². The first-order valence-corrected chi connectivity index (χ1v) is 13.4. The molecule has 0 aliphatic rings. The first kappa shape index (κ1) is 30.4. The Labute approximate surface area is 218 Å². The summed E-state index contributed by atoms with van der Waals surface area (Å²) >= 11 is 5.65. The number of hydrogen-bond donors (Lipinski definition) is 1. The van der Waals surface area contributed by atoms with Crippen LogP contribution in [-0.4, -0.2) is 50.5 Å². The molecule has 0 aliphatic heterocycles. The molecule has 0 radical (unpaired) electrons. The molecular formula is C24H28ClF4N3O4S. The summed E-state index contributed by atoms with van der Waals surface area (Å²) in [6.07, 6.45) is -4.15. The molecule has 0 bridgehead atoms. The Hall–Kier alpha value is -2.86. The molecule has 7 nitrogen and oxygen atoms in total. The van der Waals surface area contributed by atoms with Gasteiger partial charge in [-0.3, -0.25) is 13.9 Å². The molecule has 1 N–H and O–H groups in total. The van der Waals surface area contributed by atoms with Crippen molar-refractivity contribution in [1.82, 2.24) is 10.2 Å². The lowest BCUT2D eigenvalue weighted by Gasteiger charge is -2.32. The van der Waals surface area contributed by atoms with Crippen molar-refractivity contribution in [3.05, 3.63) is 64.4 Å². The molecule has 0 aliphatic carbocycles. The Kier molecular flexibility index (Phi) is 9.95. The van der Waals surface area contributed by atoms with Crippen LogP contribution in [-0.2, 0) is 32.3 Å². The number of carbonyl (C=O) groups excluding carboxylic acids is 2. The topological polar surface area (TPSA) is 86.8 Å². The number of nitrogens with one attached hydrogen (secondary N) is 1. The standard InChI is InChI=1S/C24H28ClF4N3O4S/c1-15(2)12-30-23(34)16(3)31(13-17-7-5-6-8-21(17)26)22(33)14-32(37(4,35)36)18-9-10-20(25)19(11-18)24(27,28)29/h5-11,15-16H,12-14H2,1-4H3,(H,30,34). The third-order valence-electron chi connectivity index (χ3n) is 5.37. The molecule has 1 atom stereocenters. The molecule has 2 aromatic rings. The van der Waals surface area contributed by atoms with Gasteiger partial charge in [0.1, 0.15) is 18.4 Å². The van der Waals surface area contributed by atoms with Crippen molar-refractivity contribution >= 4 is 39.1 Å². The van der Waals surface area contributed by atoms with E-state index in [1.807, 2.05) is 13.8 Å². The van der Waals surface area contributed by atoms with Crippen molar-refractivity contribution in [2.45, 2.75) is 39.5 Å². The fourth-order valence-electron chi connectivity index (χ4n) is 3.34. The largest absolute Gasteiger partial charge is 0.417 e. The van der Waals surface area contributed by atoms with Gasteiger partial charge in [0.25, 0.3) is 0 Å². The van der Waals surface area contributed by atoms with Crippen molar-refractivity contribution < 1.29 is 35.6 Å². The monoisotopic (exact) mass is 565 g/mol. The van der Waals surface area contributed by atoms with Gasteiger partial charge in [0, 0.05) is 18.7 Å². The second-order valence-electron chi connectivity index (χ2n) is 8.86. The Morgan fingerprint density at radius 1 is 1.08 bits per heavy atom. The van der Waals surface area contributed by atoms with Gasteiger partial charge >= 0.3 is 6.18 Å². The molecule has 2 rings (SSSR count). The molecular weight excluding hydrogens is 538 g/mol. The summed E-state index contributed by atoms with van der Waals surface area (Å²) in [4.78, 5) is 27.1. The van der Waals surface area contributed by atoms with E-state index in [9.17, 15) is 35.6 Å². The SMILES string of the molecule is CC(C)CNC(=O)C(C)N(Cc1ccccc1F)C(=O)CN(c1ccc(Cl)c(C(F)(F)F)c1)S(C)(=O)=O. The molecule has 1 unspecified atom stereocenters. The lowest BCUT2D eigenvalue weighted by molar-refractivity contribution is -0.139. The quantitative estimate of drug-likeness (QED) is 0.431. The number of alkyl halides is 3. The molecule has 0 fully saturated rings. The van der Waals surface area contributed by atoms with Crippen molar-refractivity contribution in [1.29, 1.82) is 0 Å². The summed E-state index contributed by atoms with van der Waals surface area (Å²) in [5.74, 6) is -2.04. The highest BCUT2D eigenvalue weighted by Gasteiger charge is 2.35. The molecule has 0 spiro atoms. The van der Waals surface area contributed by atoms with Crippen molar-refractivity contribution in [3.63, 3.8) is 0 Å². The van der Waals surface area contributed by atoms with Crippen LogP contribution < -0.4 is 9.62 Å². The van der Waals surface area contributed by atoms with Gasteiger partial charge in [-0.2, -0.15) is 13.2 Å². The summed E-state index contributed by atoms with van der Waals surface area (Å²) in [5.41, 5.74) is -1.66. The summed E-state index contributed by atoms with van der Waals surface area (Å²) in [7, 11) is -4.27. The number of rotatable bonds is 10. The number of benzene rings is 2. The van der Waals surface area contributed by atoms with Gasteiger partial charge in [0.15, 0.2) is 0 Å². The van der Waals surface area contributed by atoms with E-state index in [0.29, 0.717) is 16.9 Å². The third kappa shape index (κ3) is 8.32. The predicted octanol–water partition coefficient (Wildman–Crippen LogP) is 4.45. The summed E-state index contributed by atoms with van der Waals surface area (Å²) < 4.78 is 80.0. The number of halogens is 5. The lowest BCUT2D eigenvalue weighted by atomic mass is 10.1. The molecule has 13 heteroatoms. The Bertz CT molecular complexity index is 1240. The van der Waals surface area contributed by atoms with E-state index in [4.69, 9.17) is 11.6 Å². The molecule has 0 aromatic heterocycles. The van der Waals surface area contributed by atoms with Crippen LogP contribution in [0.5, 0.6) is 0 Å². The average molecular weight is 566 g/mol. The molecule has 0 heterocycles. The van der Waals surface area contributed by atoms with Crippen molar-refractivity contribution in [3.8, 4) is 0 Å². The highest BCUT2D eigenvalue weighted by Crippen LogP contribution is 2.37. The predicted molar refractivity (Wildman–Crippen MR) is 133 cm³/mol. The number of hydrogen-bond acceptors (Lipinski definition) is 4. The highest BCUT2D eigenvalue weighted by atomic mass is 35.5. The van der Waals surface area contributed by atoms with Gasteiger partial charge in [-0.25, -0.2) is 12.8 Å². The number of carbonyl (C=O) groups is 2. The van der Waals surface area contributed by atoms with Gasteiger partial charge in [-0.1, -0.05) is 43.6 Å². The Morgan fingerprint density at radius 3 is 2.24 bits per heavy atom. The second kappa shape index (κ2) is 12.1. The maximum absolute atomic E-state index is 14.4. The van der Waals surface area contributed by atoms with Crippen molar-refractivity contribution in [2.24, 2.45) is 5.92 Å². The van der Waals surface area contributed by atoms with E-state index in [-0.39, 0.29) is 18.0 Å². The van der Waals surface area contributed by atoms with Gasteiger partial charge in [-0.05, 0) is 37.1 Å². The summed E-state index contributed by atoms with van der Waals surface area (Å²) in [6.45, 7) is 4.09. The Morgan fingerprint density at radius 2 is 1.70 bits per heavy atom.